The molecule has 2 nitrogen and oxygen atoms in total. The third-order valence-corrected chi connectivity index (χ3v) is 3.40. The molecule has 0 aliphatic carbocycles. The van der Waals surface area contributed by atoms with Gasteiger partial charge in [-0.15, -0.1) is 0 Å². The highest BCUT2D eigenvalue weighted by Gasteiger charge is 2.20. The number of quaternary nitrogens is 1. The van der Waals surface area contributed by atoms with Gasteiger partial charge in [0.25, 0.3) is 0 Å². The second kappa shape index (κ2) is 6.33. The van der Waals surface area contributed by atoms with Crippen molar-refractivity contribution in [1.82, 2.24) is 0 Å². The Morgan fingerprint density at radius 2 is 1.62 bits per heavy atom. The molecular formula is C10H22NOS+. The minimum absolute atomic E-state index is 0.734. The number of nitrogens with zero attached hydrogens (tertiary/aromatic N) is 1. The Kier molecular flexibility index (Phi) is 6.25. The normalized spacial score (nSPS) is 11.4. The van der Waals surface area contributed by atoms with Gasteiger partial charge in [0.05, 0.1) is 39.7 Å². The fourth-order valence-corrected chi connectivity index (χ4v) is 1.67. The van der Waals surface area contributed by atoms with E-state index in [1.807, 2.05) is 0 Å². The van der Waals surface area contributed by atoms with Gasteiger partial charge in [0.15, 0.2) is 5.05 Å². The van der Waals surface area contributed by atoms with E-state index in [9.17, 15) is 0 Å². The predicted octanol–water partition coefficient (Wildman–Crippen LogP) is 2.23. The van der Waals surface area contributed by atoms with Gasteiger partial charge in [-0.05, 0) is 33.0 Å². The predicted molar refractivity (Wildman–Crippen MR) is 61.0 cm³/mol. The third-order valence-electron chi connectivity index (χ3n) is 3.03. The van der Waals surface area contributed by atoms with E-state index in [4.69, 9.17) is 17.0 Å². The summed E-state index contributed by atoms with van der Waals surface area (Å²) in [5.41, 5.74) is 0. The minimum Gasteiger partial charge on any atom is -0.490 e. The molecule has 78 valence electrons. The maximum atomic E-state index is 5.03. The minimum atomic E-state index is 0.734. The number of hydrogen-bond acceptors (Lipinski definition) is 2. The molecule has 0 saturated heterocycles. The van der Waals surface area contributed by atoms with Crippen LogP contribution in [0.3, 0.4) is 0 Å². The molecule has 0 N–H and O–H groups in total. The monoisotopic (exact) mass is 204 g/mol. The highest BCUT2D eigenvalue weighted by Crippen LogP contribution is 2.07. The van der Waals surface area contributed by atoms with E-state index in [1.54, 1.807) is 7.11 Å². The molecule has 0 aromatic heterocycles. The van der Waals surface area contributed by atoms with Crippen LogP contribution in [0.15, 0.2) is 0 Å². The molecule has 0 amide bonds. The Labute approximate surface area is 87.5 Å². The van der Waals surface area contributed by atoms with Crippen LogP contribution in [0, 0.1) is 0 Å². The quantitative estimate of drug-likeness (QED) is 0.485. The van der Waals surface area contributed by atoms with Crippen LogP contribution in [0.25, 0.3) is 0 Å². The van der Waals surface area contributed by atoms with Crippen LogP contribution < -0.4 is 0 Å². The van der Waals surface area contributed by atoms with Crippen molar-refractivity contribution in [3.8, 4) is 0 Å². The SMILES string of the molecule is CC[N+](CC)(CC)CCC(=S)OC. The highest BCUT2D eigenvalue weighted by molar-refractivity contribution is 7.80. The van der Waals surface area contributed by atoms with Gasteiger partial charge in [-0.2, -0.15) is 0 Å². The Morgan fingerprint density at radius 3 is 1.92 bits per heavy atom. The zero-order valence-electron chi connectivity index (χ0n) is 9.30. The molecule has 0 atom stereocenters. The Morgan fingerprint density at radius 1 is 1.15 bits per heavy atom. The molecule has 0 heterocycles. The van der Waals surface area contributed by atoms with E-state index in [0.717, 1.165) is 22.5 Å². The summed E-state index contributed by atoms with van der Waals surface area (Å²) in [6, 6.07) is 0. The molecule has 0 aromatic carbocycles. The lowest BCUT2D eigenvalue weighted by molar-refractivity contribution is -0.922. The summed E-state index contributed by atoms with van der Waals surface area (Å²) in [7, 11) is 1.65. The molecule has 3 heteroatoms. The average molecular weight is 204 g/mol. The summed E-state index contributed by atoms with van der Waals surface area (Å²) in [6.07, 6.45) is 0.904. The summed E-state index contributed by atoms with van der Waals surface area (Å²) in [4.78, 5) is 0. The van der Waals surface area contributed by atoms with Gasteiger partial charge in [-0.1, -0.05) is 0 Å². The lowest BCUT2D eigenvalue weighted by Crippen LogP contribution is -2.48. The lowest BCUT2D eigenvalue weighted by atomic mass is 10.3. The highest BCUT2D eigenvalue weighted by atomic mass is 32.1. The molecule has 0 aliphatic rings. The van der Waals surface area contributed by atoms with E-state index in [1.165, 1.54) is 19.6 Å². The Hall–Kier alpha value is -0.150. The van der Waals surface area contributed by atoms with Gasteiger partial charge < -0.3 is 9.22 Å². The molecule has 0 unspecified atom stereocenters. The van der Waals surface area contributed by atoms with Crippen molar-refractivity contribution in [2.45, 2.75) is 27.2 Å². The topological polar surface area (TPSA) is 9.23 Å². The van der Waals surface area contributed by atoms with Gasteiger partial charge in [0, 0.05) is 0 Å². The summed E-state index contributed by atoms with van der Waals surface area (Å²) in [6.45, 7) is 11.4. The van der Waals surface area contributed by atoms with E-state index in [2.05, 4.69) is 20.8 Å². The van der Waals surface area contributed by atoms with E-state index in [-0.39, 0.29) is 0 Å². The number of methoxy groups -OCH3 is 1. The summed E-state index contributed by atoms with van der Waals surface area (Å²) in [5.74, 6) is 0. The van der Waals surface area contributed by atoms with Crippen LogP contribution in [0.1, 0.15) is 27.2 Å². The van der Waals surface area contributed by atoms with Crippen LogP contribution in [0.5, 0.6) is 0 Å². The molecule has 0 rings (SSSR count). The van der Waals surface area contributed by atoms with Crippen LogP contribution >= 0.6 is 12.2 Å². The van der Waals surface area contributed by atoms with Gasteiger partial charge >= 0.3 is 0 Å². The standard InChI is InChI=1S/C10H22NOS/c1-5-11(6-2,7-3)9-8-10(13)12-4/h5-9H2,1-4H3/q+1. The maximum Gasteiger partial charge on any atom is 0.164 e. The third kappa shape index (κ3) is 4.05. The Bertz CT molecular complexity index is 147. The van der Waals surface area contributed by atoms with Gasteiger partial charge in [0.2, 0.25) is 0 Å². The zero-order valence-corrected chi connectivity index (χ0v) is 10.1. The van der Waals surface area contributed by atoms with Gasteiger partial charge in [-0.3, -0.25) is 0 Å². The van der Waals surface area contributed by atoms with Crippen molar-refractivity contribution in [3.05, 3.63) is 0 Å². The second-order valence-corrected chi connectivity index (χ2v) is 3.80. The lowest BCUT2D eigenvalue weighted by Gasteiger charge is -2.35. The second-order valence-electron chi connectivity index (χ2n) is 3.34. The van der Waals surface area contributed by atoms with Gasteiger partial charge in [0.1, 0.15) is 0 Å². The summed E-state index contributed by atoms with van der Waals surface area (Å²) >= 11 is 5.03. The largest absolute Gasteiger partial charge is 0.490 e. The molecule has 0 fully saturated rings. The van der Waals surface area contributed by atoms with E-state index in [0.29, 0.717) is 0 Å². The van der Waals surface area contributed by atoms with Crippen LogP contribution in [-0.4, -0.2) is 42.8 Å². The fraction of sp³-hybridized carbons (Fsp3) is 0.900. The van der Waals surface area contributed by atoms with Crippen molar-refractivity contribution in [2.75, 3.05) is 33.3 Å². The van der Waals surface area contributed by atoms with Crippen molar-refractivity contribution in [3.63, 3.8) is 0 Å². The smallest absolute Gasteiger partial charge is 0.164 e. The maximum absolute atomic E-state index is 5.03. The van der Waals surface area contributed by atoms with Crippen molar-refractivity contribution >= 4 is 17.3 Å². The molecule has 0 radical (unpaired) electrons. The number of hydrogen-bond donors (Lipinski definition) is 0. The summed E-state index contributed by atoms with van der Waals surface area (Å²) < 4.78 is 6.14. The van der Waals surface area contributed by atoms with Gasteiger partial charge in [-0.25, -0.2) is 0 Å². The van der Waals surface area contributed by atoms with Crippen molar-refractivity contribution in [1.29, 1.82) is 0 Å². The molecule has 0 aliphatic heterocycles. The number of ether oxygens (including phenoxy) is 1. The molecule has 13 heavy (non-hydrogen) atoms. The summed E-state index contributed by atoms with van der Waals surface area (Å²) in [5, 5.41) is 0.734. The first-order chi connectivity index (χ1) is 6.14. The van der Waals surface area contributed by atoms with Crippen LogP contribution in [0.4, 0.5) is 0 Å². The first kappa shape index (κ1) is 12.8. The first-order valence-corrected chi connectivity index (χ1v) is 5.46. The molecule has 0 saturated carbocycles. The number of rotatable bonds is 6. The van der Waals surface area contributed by atoms with Crippen molar-refractivity contribution in [2.24, 2.45) is 0 Å². The zero-order chi connectivity index (χ0) is 10.3. The first-order valence-electron chi connectivity index (χ1n) is 5.06. The van der Waals surface area contributed by atoms with Crippen LogP contribution in [-0.2, 0) is 4.74 Å². The van der Waals surface area contributed by atoms with Crippen molar-refractivity contribution < 1.29 is 9.22 Å². The molecule has 0 spiro atoms. The molecular weight excluding hydrogens is 182 g/mol. The number of thiocarbonyl (C=S) groups is 1. The fourth-order valence-electron chi connectivity index (χ4n) is 1.58. The molecule has 0 bridgehead atoms. The van der Waals surface area contributed by atoms with E-state index >= 15 is 0 Å². The average Bonchev–Trinajstić information content (AvgIpc) is 2.20. The Balaban J connectivity index is 4.02. The molecule has 0 aromatic rings. The van der Waals surface area contributed by atoms with E-state index < -0.39 is 0 Å². The van der Waals surface area contributed by atoms with Crippen LogP contribution in [0.2, 0.25) is 0 Å².